The molecule has 1 aliphatic heterocycles. The average Bonchev–Trinajstić information content (AvgIpc) is 3.24. The summed E-state index contributed by atoms with van der Waals surface area (Å²) in [5.41, 5.74) is 1.06. The molecule has 0 aromatic rings. The lowest BCUT2D eigenvalue weighted by molar-refractivity contribution is 0.121. The molecule has 1 spiro atoms. The highest BCUT2D eigenvalue weighted by Crippen LogP contribution is 2.49. The van der Waals surface area contributed by atoms with Gasteiger partial charge < -0.3 is 15.0 Å². The lowest BCUT2D eigenvalue weighted by Crippen LogP contribution is -2.53. The van der Waals surface area contributed by atoms with Gasteiger partial charge in [0.15, 0.2) is 0 Å². The van der Waals surface area contributed by atoms with Crippen molar-refractivity contribution >= 4 is 0 Å². The van der Waals surface area contributed by atoms with Crippen LogP contribution in [0.4, 0.5) is 0 Å². The Morgan fingerprint density at radius 3 is 2.55 bits per heavy atom. The van der Waals surface area contributed by atoms with Crippen LogP contribution in [0.3, 0.4) is 0 Å². The summed E-state index contributed by atoms with van der Waals surface area (Å²) < 4.78 is 5.31. The molecule has 0 unspecified atom stereocenters. The first kappa shape index (κ1) is 14.8. The molecule has 1 saturated heterocycles. The van der Waals surface area contributed by atoms with Gasteiger partial charge in [-0.15, -0.1) is 0 Å². The molecule has 0 aromatic heterocycles. The van der Waals surface area contributed by atoms with Crippen molar-refractivity contribution in [2.24, 2.45) is 5.41 Å². The van der Waals surface area contributed by atoms with Crippen molar-refractivity contribution in [3.8, 4) is 0 Å². The number of rotatable bonds is 5. The van der Waals surface area contributed by atoms with E-state index < -0.39 is 0 Å². The number of methoxy groups -OCH3 is 1. The second-order valence-electron chi connectivity index (χ2n) is 7.57. The maximum Gasteiger partial charge on any atom is 0.0468 e. The fourth-order valence-corrected chi connectivity index (χ4v) is 4.37. The van der Waals surface area contributed by atoms with E-state index >= 15 is 0 Å². The topological polar surface area (TPSA) is 24.5 Å². The fraction of sp³-hybridized carbons (Fsp3) is 1.00. The third-order valence-electron chi connectivity index (χ3n) is 5.84. The lowest BCUT2D eigenvalue weighted by Gasteiger charge is -2.41. The van der Waals surface area contributed by atoms with Gasteiger partial charge in [-0.2, -0.15) is 0 Å². The zero-order chi connectivity index (χ0) is 13.9. The van der Waals surface area contributed by atoms with Crippen molar-refractivity contribution < 1.29 is 4.74 Å². The third-order valence-corrected chi connectivity index (χ3v) is 5.84. The zero-order valence-electron chi connectivity index (χ0n) is 13.3. The molecule has 0 amide bonds. The molecule has 3 heteroatoms. The maximum atomic E-state index is 5.31. The minimum Gasteiger partial charge on any atom is -0.385 e. The molecule has 0 atom stereocenters. The predicted octanol–water partition coefficient (Wildman–Crippen LogP) is 2.80. The molecule has 116 valence electrons. The van der Waals surface area contributed by atoms with Crippen LogP contribution >= 0.6 is 0 Å². The van der Waals surface area contributed by atoms with Gasteiger partial charge in [-0.3, -0.25) is 0 Å². The average molecular weight is 280 g/mol. The second kappa shape index (κ2) is 6.33. The minimum atomic E-state index is 0.450. The van der Waals surface area contributed by atoms with Crippen molar-refractivity contribution in [1.82, 2.24) is 10.2 Å². The molecule has 1 heterocycles. The summed E-state index contributed by atoms with van der Waals surface area (Å²) in [7, 11) is 1.84. The standard InChI is InChI=1S/C17H32N2O/c1-20-13-10-16(8-9-16)14-19-12-5-11-18-17(15-19)6-3-2-4-7-17/h18H,2-15H2,1H3. The van der Waals surface area contributed by atoms with Gasteiger partial charge in [0.1, 0.15) is 0 Å². The first-order valence-electron chi connectivity index (χ1n) is 8.72. The van der Waals surface area contributed by atoms with Crippen LogP contribution in [0.2, 0.25) is 0 Å². The highest BCUT2D eigenvalue weighted by atomic mass is 16.5. The van der Waals surface area contributed by atoms with Crippen LogP contribution in [0.5, 0.6) is 0 Å². The summed E-state index contributed by atoms with van der Waals surface area (Å²) in [5, 5.41) is 3.91. The molecule has 3 fully saturated rings. The molecule has 1 N–H and O–H groups in total. The minimum absolute atomic E-state index is 0.450. The molecule has 2 saturated carbocycles. The van der Waals surface area contributed by atoms with Gasteiger partial charge in [0.05, 0.1) is 0 Å². The Balaban J connectivity index is 1.58. The van der Waals surface area contributed by atoms with Crippen LogP contribution in [0.25, 0.3) is 0 Å². The summed E-state index contributed by atoms with van der Waals surface area (Å²) in [6.45, 7) is 6.07. The summed E-state index contributed by atoms with van der Waals surface area (Å²) >= 11 is 0. The van der Waals surface area contributed by atoms with E-state index in [0.29, 0.717) is 11.0 Å². The van der Waals surface area contributed by atoms with E-state index in [-0.39, 0.29) is 0 Å². The van der Waals surface area contributed by atoms with Crippen molar-refractivity contribution in [2.45, 2.75) is 63.3 Å². The smallest absolute Gasteiger partial charge is 0.0468 e. The lowest BCUT2D eigenvalue weighted by atomic mass is 9.81. The molecular formula is C17H32N2O. The number of hydrogen-bond donors (Lipinski definition) is 1. The van der Waals surface area contributed by atoms with Crippen LogP contribution < -0.4 is 5.32 Å². The zero-order valence-corrected chi connectivity index (χ0v) is 13.3. The second-order valence-corrected chi connectivity index (χ2v) is 7.57. The van der Waals surface area contributed by atoms with Crippen LogP contribution in [0.1, 0.15) is 57.8 Å². The summed E-state index contributed by atoms with van der Waals surface area (Å²) in [5.74, 6) is 0. The molecule has 3 nitrogen and oxygen atoms in total. The predicted molar refractivity (Wildman–Crippen MR) is 83.0 cm³/mol. The largest absolute Gasteiger partial charge is 0.385 e. The Morgan fingerprint density at radius 1 is 1.05 bits per heavy atom. The molecule has 0 radical (unpaired) electrons. The Bertz CT molecular complexity index is 308. The molecule has 0 aromatic carbocycles. The molecule has 3 rings (SSSR count). The molecule has 0 bridgehead atoms. The monoisotopic (exact) mass is 280 g/mol. The van der Waals surface area contributed by atoms with E-state index in [0.717, 1.165) is 6.61 Å². The van der Waals surface area contributed by atoms with Gasteiger partial charge in [-0.05, 0) is 57.0 Å². The van der Waals surface area contributed by atoms with E-state index in [1.165, 1.54) is 84.0 Å². The number of nitrogens with one attached hydrogen (secondary N) is 1. The number of hydrogen-bond acceptors (Lipinski definition) is 3. The summed E-state index contributed by atoms with van der Waals surface area (Å²) in [6.07, 6.45) is 12.5. The summed E-state index contributed by atoms with van der Waals surface area (Å²) in [6, 6.07) is 0. The first-order valence-corrected chi connectivity index (χ1v) is 8.72. The Hall–Kier alpha value is -0.120. The van der Waals surface area contributed by atoms with E-state index in [1.54, 1.807) is 0 Å². The Kier molecular flexibility index (Phi) is 4.68. The highest BCUT2D eigenvalue weighted by molar-refractivity contribution is 5.00. The Labute approximate surface area is 124 Å². The highest BCUT2D eigenvalue weighted by Gasteiger charge is 2.45. The number of ether oxygens (including phenoxy) is 1. The summed E-state index contributed by atoms with van der Waals surface area (Å²) in [4.78, 5) is 2.79. The van der Waals surface area contributed by atoms with Crippen molar-refractivity contribution in [3.05, 3.63) is 0 Å². The van der Waals surface area contributed by atoms with Crippen molar-refractivity contribution in [3.63, 3.8) is 0 Å². The molecule has 3 aliphatic rings. The first-order chi connectivity index (χ1) is 9.76. The van der Waals surface area contributed by atoms with Crippen LogP contribution in [-0.2, 0) is 4.74 Å². The van der Waals surface area contributed by atoms with Crippen molar-refractivity contribution in [2.75, 3.05) is 39.9 Å². The van der Waals surface area contributed by atoms with Crippen LogP contribution in [-0.4, -0.2) is 50.3 Å². The third kappa shape index (κ3) is 3.55. The van der Waals surface area contributed by atoms with Gasteiger partial charge in [-0.1, -0.05) is 19.3 Å². The van der Waals surface area contributed by atoms with E-state index in [9.17, 15) is 0 Å². The fourth-order valence-electron chi connectivity index (χ4n) is 4.37. The van der Waals surface area contributed by atoms with Gasteiger partial charge in [-0.25, -0.2) is 0 Å². The normalized spacial score (nSPS) is 29.2. The van der Waals surface area contributed by atoms with Gasteiger partial charge in [0.25, 0.3) is 0 Å². The number of nitrogens with zero attached hydrogens (tertiary/aromatic N) is 1. The van der Waals surface area contributed by atoms with E-state index in [4.69, 9.17) is 4.74 Å². The van der Waals surface area contributed by atoms with Gasteiger partial charge >= 0.3 is 0 Å². The molecular weight excluding hydrogens is 248 g/mol. The molecule has 2 aliphatic carbocycles. The van der Waals surface area contributed by atoms with Crippen LogP contribution in [0, 0.1) is 5.41 Å². The van der Waals surface area contributed by atoms with Crippen LogP contribution in [0.15, 0.2) is 0 Å². The van der Waals surface area contributed by atoms with Gasteiger partial charge in [0, 0.05) is 32.3 Å². The van der Waals surface area contributed by atoms with E-state index in [2.05, 4.69) is 10.2 Å². The maximum absolute atomic E-state index is 5.31. The SMILES string of the molecule is COCCC1(CN2CCCNC3(CCCCC3)C2)CC1. The molecule has 20 heavy (non-hydrogen) atoms. The quantitative estimate of drug-likeness (QED) is 0.838. The van der Waals surface area contributed by atoms with E-state index in [1.807, 2.05) is 7.11 Å². The Morgan fingerprint density at radius 2 is 1.85 bits per heavy atom. The van der Waals surface area contributed by atoms with Gasteiger partial charge in [0.2, 0.25) is 0 Å². The van der Waals surface area contributed by atoms with Crippen molar-refractivity contribution in [1.29, 1.82) is 0 Å².